The lowest BCUT2D eigenvalue weighted by molar-refractivity contribution is 0.395. The van der Waals surface area contributed by atoms with Crippen molar-refractivity contribution in [3.8, 4) is 11.5 Å². The zero-order valence-electron chi connectivity index (χ0n) is 9.94. The molecule has 1 unspecified atom stereocenters. The van der Waals surface area contributed by atoms with Crippen LogP contribution in [0.15, 0.2) is 48.5 Å². The van der Waals surface area contributed by atoms with E-state index in [0.29, 0.717) is 8.58 Å². The van der Waals surface area contributed by atoms with E-state index >= 15 is 0 Å². The van der Waals surface area contributed by atoms with Gasteiger partial charge in [-0.15, -0.1) is 0 Å². The summed E-state index contributed by atoms with van der Waals surface area (Å²) in [4.78, 5) is 0. The molecular weight excluding hydrogens is 231 g/mol. The van der Waals surface area contributed by atoms with E-state index in [2.05, 4.69) is 24.3 Å². The van der Waals surface area contributed by atoms with Gasteiger partial charge in [-0.05, 0) is 22.7 Å². The summed E-state index contributed by atoms with van der Waals surface area (Å²) in [6, 6.07) is 16.4. The molecule has 2 aromatic rings. The van der Waals surface area contributed by atoms with Crippen LogP contribution in [0.3, 0.4) is 0 Å². The van der Waals surface area contributed by atoms with E-state index in [4.69, 9.17) is 9.47 Å². The molecule has 17 heavy (non-hydrogen) atoms. The van der Waals surface area contributed by atoms with Gasteiger partial charge in [-0.3, -0.25) is 0 Å². The SMILES string of the molecule is COc1cc(OC)cc(Pc2ccccc2)c1. The Morgan fingerprint density at radius 1 is 0.765 bits per heavy atom. The Balaban J connectivity index is 2.26. The molecular formula is C14H15O2P. The van der Waals surface area contributed by atoms with Gasteiger partial charge in [-0.25, -0.2) is 0 Å². The van der Waals surface area contributed by atoms with Crippen molar-refractivity contribution in [2.75, 3.05) is 14.2 Å². The number of rotatable bonds is 4. The van der Waals surface area contributed by atoms with E-state index < -0.39 is 0 Å². The molecule has 0 N–H and O–H groups in total. The second-order valence-corrected chi connectivity index (χ2v) is 5.00. The zero-order valence-corrected chi connectivity index (χ0v) is 10.9. The average Bonchev–Trinajstić information content (AvgIpc) is 2.39. The third-order valence-corrected chi connectivity index (χ3v) is 3.61. The number of methoxy groups -OCH3 is 2. The number of hydrogen-bond acceptors (Lipinski definition) is 2. The fourth-order valence-electron chi connectivity index (χ4n) is 1.57. The first-order valence-corrected chi connectivity index (χ1v) is 6.37. The van der Waals surface area contributed by atoms with Crippen molar-refractivity contribution < 1.29 is 9.47 Å². The van der Waals surface area contributed by atoms with Gasteiger partial charge in [-0.1, -0.05) is 38.9 Å². The molecule has 0 saturated carbocycles. The molecule has 2 rings (SSSR count). The number of hydrogen-bond donors (Lipinski definition) is 0. The summed E-state index contributed by atoms with van der Waals surface area (Å²) in [5, 5.41) is 2.52. The Hall–Kier alpha value is -1.53. The second kappa shape index (κ2) is 5.70. The van der Waals surface area contributed by atoms with Crippen LogP contribution in [-0.2, 0) is 0 Å². The Kier molecular flexibility index (Phi) is 4.00. The minimum absolute atomic E-state index is 0.616. The maximum Gasteiger partial charge on any atom is 0.123 e. The first-order valence-electron chi connectivity index (χ1n) is 5.37. The van der Waals surface area contributed by atoms with Crippen molar-refractivity contribution >= 4 is 19.2 Å². The standard InChI is InChI=1S/C14H15O2P/c1-15-11-8-12(16-2)10-14(9-11)17-13-6-4-3-5-7-13/h3-10,17H,1-2H3. The maximum absolute atomic E-state index is 5.26. The quantitative estimate of drug-likeness (QED) is 0.771. The highest BCUT2D eigenvalue weighted by atomic mass is 31.1. The minimum atomic E-state index is 0.616. The third-order valence-electron chi connectivity index (χ3n) is 2.41. The summed E-state index contributed by atoms with van der Waals surface area (Å²) in [5.41, 5.74) is 0. The Morgan fingerprint density at radius 2 is 1.35 bits per heavy atom. The smallest absolute Gasteiger partial charge is 0.123 e. The van der Waals surface area contributed by atoms with Gasteiger partial charge in [-0.2, -0.15) is 0 Å². The molecule has 0 fully saturated rings. The maximum atomic E-state index is 5.26. The summed E-state index contributed by atoms with van der Waals surface area (Å²) in [6.45, 7) is 0. The number of ether oxygens (including phenoxy) is 2. The predicted molar refractivity (Wildman–Crippen MR) is 73.6 cm³/mol. The van der Waals surface area contributed by atoms with E-state index in [1.54, 1.807) is 14.2 Å². The summed E-state index contributed by atoms with van der Waals surface area (Å²) < 4.78 is 10.5. The molecule has 0 aliphatic carbocycles. The summed E-state index contributed by atoms with van der Waals surface area (Å²) in [6.07, 6.45) is 0. The highest BCUT2D eigenvalue weighted by molar-refractivity contribution is 7.55. The summed E-state index contributed by atoms with van der Waals surface area (Å²) in [5.74, 6) is 1.67. The van der Waals surface area contributed by atoms with Gasteiger partial charge in [0, 0.05) is 6.07 Å². The van der Waals surface area contributed by atoms with Gasteiger partial charge in [0.05, 0.1) is 14.2 Å². The minimum Gasteiger partial charge on any atom is -0.497 e. The Morgan fingerprint density at radius 3 is 1.88 bits per heavy atom. The molecule has 3 heteroatoms. The van der Waals surface area contributed by atoms with Crippen molar-refractivity contribution in [1.29, 1.82) is 0 Å². The van der Waals surface area contributed by atoms with Crippen molar-refractivity contribution in [3.63, 3.8) is 0 Å². The van der Waals surface area contributed by atoms with Crippen LogP contribution >= 0.6 is 8.58 Å². The average molecular weight is 246 g/mol. The summed E-state index contributed by atoms with van der Waals surface area (Å²) in [7, 11) is 3.96. The van der Waals surface area contributed by atoms with Crippen LogP contribution in [0.1, 0.15) is 0 Å². The normalized spacial score (nSPS) is 10.7. The van der Waals surface area contributed by atoms with E-state index in [1.807, 2.05) is 24.3 Å². The van der Waals surface area contributed by atoms with Crippen molar-refractivity contribution in [1.82, 2.24) is 0 Å². The molecule has 2 nitrogen and oxygen atoms in total. The van der Waals surface area contributed by atoms with E-state index in [9.17, 15) is 0 Å². The third kappa shape index (κ3) is 3.21. The second-order valence-electron chi connectivity index (χ2n) is 3.59. The molecule has 88 valence electrons. The van der Waals surface area contributed by atoms with Crippen LogP contribution in [0.4, 0.5) is 0 Å². The molecule has 0 amide bonds. The first kappa shape index (κ1) is 11.9. The van der Waals surface area contributed by atoms with E-state index in [0.717, 1.165) is 11.5 Å². The van der Waals surface area contributed by atoms with Crippen LogP contribution in [0, 0.1) is 0 Å². The van der Waals surface area contributed by atoms with Gasteiger partial charge >= 0.3 is 0 Å². The molecule has 0 radical (unpaired) electrons. The van der Waals surface area contributed by atoms with E-state index in [1.165, 1.54) is 10.6 Å². The topological polar surface area (TPSA) is 18.5 Å². The number of benzene rings is 2. The van der Waals surface area contributed by atoms with Crippen LogP contribution in [0.2, 0.25) is 0 Å². The Labute approximate surface area is 103 Å². The zero-order chi connectivity index (χ0) is 12.1. The van der Waals surface area contributed by atoms with Crippen molar-refractivity contribution in [2.24, 2.45) is 0 Å². The van der Waals surface area contributed by atoms with Gasteiger partial charge in [0.15, 0.2) is 0 Å². The highest BCUT2D eigenvalue weighted by Crippen LogP contribution is 2.22. The fourth-order valence-corrected chi connectivity index (χ4v) is 2.69. The molecule has 0 spiro atoms. The van der Waals surface area contributed by atoms with Crippen LogP contribution < -0.4 is 20.1 Å². The first-order chi connectivity index (χ1) is 8.31. The molecule has 0 bridgehead atoms. The van der Waals surface area contributed by atoms with Crippen molar-refractivity contribution in [2.45, 2.75) is 0 Å². The van der Waals surface area contributed by atoms with Gasteiger partial charge in [0.25, 0.3) is 0 Å². The van der Waals surface area contributed by atoms with E-state index in [-0.39, 0.29) is 0 Å². The molecule has 0 saturated heterocycles. The predicted octanol–water partition coefficient (Wildman–Crippen LogP) is 2.33. The molecule has 0 aromatic heterocycles. The van der Waals surface area contributed by atoms with Crippen molar-refractivity contribution in [3.05, 3.63) is 48.5 Å². The monoisotopic (exact) mass is 246 g/mol. The lowest BCUT2D eigenvalue weighted by Gasteiger charge is -2.08. The summed E-state index contributed by atoms with van der Waals surface area (Å²) >= 11 is 0. The van der Waals surface area contributed by atoms with Crippen LogP contribution in [0.5, 0.6) is 11.5 Å². The Bertz CT molecular complexity index is 461. The molecule has 0 aliphatic heterocycles. The molecule has 2 aromatic carbocycles. The largest absolute Gasteiger partial charge is 0.497 e. The lowest BCUT2D eigenvalue weighted by Crippen LogP contribution is -2.04. The highest BCUT2D eigenvalue weighted by Gasteiger charge is 2.02. The fraction of sp³-hybridized carbons (Fsp3) is 0.143. The van der Waals surface area contributed by atoms with Gasteiger partial charge < -0.3 is 9.47 Å². The molecule has 0 aliphatic rings. The van der Waals surface area contributed by atoms with Crippen LogP contribution in [0.25, 0.3) is 0 Å². The van der Waals surface area contributed by atoms with Gasteiger partial charge in [0.2, 0.25) is 0 Å². The lowest BCUT2D eigenvalue weighted by atomic mass is 10.3. The van der Waals surface area contributed by atoms with Crippen LogP contribution in [-0.4, -0.2) is 14.2 Å². The van der Waals surface area contributed by atoms with Gasteiger partial charge in [0.1, 0.15) is 11.5 Å². The molecule has 0 heterocycles. The molecule has 1 atom stereocenters.